The normalized spacial score (nSPS) is 12.8. The maximum Gasteiger partial charge on any atom is 0.328 e. The van der Waals surface area contributed by atoms with Crippen LogP contribution in [0.25, 0.3) is 5.53 Å². The van der Waals surface area contributed by atoms with Gasteiger partial charge in [-0.15, -0.1) is 0 Å². The molecule has 48 heavy (non-hydrogen) atoms. The number of esters is 3. The summed E-state index contributed by atoms with van der Waals surface area (Å²) in [6.07, 6.45) is 18.4. The van der Waals surface area contributed by atoms with E-state index in [9.17, 15) is 19.2 Å². The number of ether oxygens (including phenoxy) is 3. The monoisotopic (exact) mass is 758 g/mol. The van der Waals surface area contributed by atoms with E-state index in [1.807, 2.05) is 0 Å². The Morgan fingerprint density at radius 1 is 0.562 bits per heavy atom. The first-order valence-corrected chi connectivity index (χ1v) is 18.8. The van der Waals surface area contributed by atoms with Gasteiger partial charge in [-0.05, 0) is 57.9 Å². The van der Waals surface area contributed by atoms with Crippen LogP contribution in [0.1, 0.15) is 163 Å². The molecule has 0 aliphatic carbocycles. The first kappa shape index (κ1) is 49.0. The molecule has 0 aliphatic rings. The van der Waals surface area contributed by atoms with Crippen LogP contribution in [0.2, 0.25) is 0 Å². The molecule has 0 saturated heterocycles. The third-order valence-electron chi connectivity index (χ3n) is 8.37. The molecule has 279 valence electrons. The van der Waals surface area contributed by atoms with E-state index >= 15 is 0 Å². The Morgan fingerprint density at radius 2 is 1.00 bits per heavy atom. The first-order valence-electron chi connectivity index (χ1n) is 18.8. The van der Waals surface area contributed by atoms with Crippen LogP contribution in [0.4, 0.5) is 0 Å². The average molecular weight is 759 g/mol. The van der Waals surface area contributed by atoms with Crippen LogP contribution >= 0.6 is 0 Å². The number of carbonyl (C=O) groups is 4. The van der Waals surface area contributed by atoms with Gasteiger partial charge in [0.1, 0.15) is 6.04 Å². The minimum absolute atomic E-state index is 0. The van der Waals surface area contributed by atoms with E-state index in [1.54, 1.807) is 0 Å². The van der Waals surface area contributed by atoms with Gasteiger partial charge in [0.15, 0.2) is 0 Å². The number of carbonyl (C=O) groups excluding carboxylic acids is 4. The summed E-state index contributed by atoms with van der Waals surface area (Å²) in [4.78, 5) is 50.7. The zero-order valence-electron chi connectivity index (χ0n) is 30.9. The maximum atomic E-state index is 12.8. The van der Waals surface area contributed by atoms with Crippen molar-refractivity contribution >= 4 is 23.8 Å². The van der Waals surface area contributed by atoms with Gasteiger partial charge in [0.25, 0.3) is 0 Å². The summed E-state index contributed by atoms with van der Waals surface area (Å²) in [6, 6.07) is -0.870. The van der Waals surface area contributed by atoms with Crippen LogP contribution in [0.5, 0.6) is 0 Å². The molecular weight excluding hydrogens is 689 g/mol. The van der Waals surface area contributed by atoms with Gasteiger partial charge in [0, 0.05) is 39.1 Å². The van der Waals surface area contributed by atoms with Gasteiger partial charge < -0.3 is 36.3 Å². The Bertz CT molecular complexity index is 806. The van der Waals surface area contributed by atoms with E-state index in [2.05, 4.69) is 44.0 Å². The zero-order chi connectivity index (χ0) is 35.0. The summed E-state index contributed by atoms with van der Waals surface area (Å²) in [5.74, 6) is 3.84. The largest absolute Gasteiger partial charge is 0.536 e. The predicted octanol–water partition coefficient (Wildman–Crippen LogP) is 7.35. The predicted molar refractivity (Wildman–Crippen MR) is 187 cm³/mol. The molecule has 0 saturated carbocycles. The molecule has 0 bridgehead atoms. The quantitative estimate of drug-likeness (QED) is 0.0204. The Hall–Kier alpha value is -1.14. The summed E-state index contributed by atoms with van der Waals surface area (Å²) in [5, 5.41) is 2.73. The second-order valence-corrected chi connectivity index (χ2v) is 12.6. The van der Waals surface area contributed by atoms with Gasteiger partial charge in [-0.25, -0.2) is 4.79 Å². The van der Waals surface area contributed by atoms with Crippen LogP contribution in [-0.4, -0.2) is 56.2 Å². The summed E-state index contributed by atoms with van der Waals surface area (Å²) in [6.45, 7) is 9.46. The average Bonchev–Trinajstić information content (AvgIpc) is 3.06. The first-order chi connectivity index (χ1) is 22.8. The smallest absolute Gasteiger partial charge is 0.328 e. The van der Waals surface area contributed by atoms with Crippen molar-refractivity contribution in [2.75, 3.05) is 26.4 Å². The molecule has 0 aromatic heterocycles. The van der Waals surface area contributed by atoms with Gasteiger partial charge in [0.05, 0.1) is 31.7 Å². The second-order valence-electron chi connectivity index (χ2n) is 12.6. The number of nitrogens with zero attached hydrogens (tertiary/aromatic N) is 1. The Kier molecular flexibility index (Phi) is 36.4. The van der Waals surface area contributed by atoms with Gasteiger partial charge >= 0.3 is 17.9 Å². The Morgan fingerprint density at radius 3 is 1.46 bits per heavy atom. The van der Waals surface area contributed by atoms with Crippen LogP contribution in [0.15, 0.2) is 0 Å². The molecule has 0 aliphatic heterocycles. The topological polar surface area (TPSA) is 160 Å². The van der Waals surface area contributed by atoms with E-state index in [0.29, 0.717) is 25.9 Å². The van der Waals surface area contributed by atoms with Crippen LogP contribution in [0, 0.1) is 11.8 Å². The standard InChI is InChI=1S/C36H69N4O7.Y/c1-5-9-13-15-22-30(20-11-7-3)34(42)45-27-17-18-28-47-36(44)32(25-26-38-40-37)39-33(41)24-19-29-46-35(43)31(21-12-8-4)23-16-14-10-6-2;/h30-32,38H,5-29,37H2,1-4H3,(H,39,41);/q-1;. The summed E-state index contributed by atoms with van der Waals surface area (Å²) < 4.78 is 16.5. The number of rotatable bonds is 33. The fraction of sp³-hybridized carbons (Fsp3) is 0.889. The van der Waals surface area contributed by atoms with Crippen molar-refractivity contribution in [3.8, 4) is 0 Å². The number of amides is 1. The molecular formula is C36H69N4O7Y-. The number of hydrogen-bond acceptors (Lipinski definition) is 9. The second kappa shape index (κ2) is 35.7. The third-order valence-corrected chi connectivity index (χ3v) is 8.37. The van der Waals surface area contributed by atoms with Crippen molar-refractivity contribution in [3.63, 3.8) is 0 Å². The molecule has 0 heterocycles. The maximum absolute atomic E-state index is 12.8. The van der Waals surface area contributed by atoms with Crippen molar-refractivity contribution in [1.82, 2.24) is 10.7 Å². The van der Waals surface area contributed by atoms with Crippen molar-refractivity contribution in [2.45, 2.75) is 169 Å². The fourth-order valence-corrected chi connectivity index (χ4v) is 5.38. The molecule has 0 rings (SSSR count). The van der Waals surface area contributed by atoms with Crippen molar-refractivity contribution < 1.29 is 66.1 Å². The summed E-state index contributed by atoms with van der Waals surface area (Å²) in [5.41, 5.74) is 5.93. The molecule has 3 unspecified atom stereocenters. The van der Waals surface area contributed by atoms with Crippen molar-refractivity contribution in [1.29, 1.82) is 0 Å². The van der Waals surface area contributed by atoms with Gasteiger partial charge in [0.2, 0.25) is 5.91 Å². The van der Waals surface area contributed by atoms with E-state index in [4.69, 9.17) is 20.1 Å². The van der Waals surface area contributed by atoms with Gasteiger partial charge in [-0.1, -0.05) is 105 Å². The summed E-state index contributed by atoms with van der Waals surface area (Å²) in [7, 11) is 0. The Balaban J connectivity index is 0. The number of nitrogens with one attached hydrogen (secondary N) is 2. The molecule has 3 atom stereocenters. The Labute approximate surface area is 317 Å². The molecule has 0 spiro atoms. The van der Waals surface area contributed by atoms with Gasteiger partial charge in [-0.2, -0.15) is 0 Å². The van der Waals surface area contributed by atoms with Crippen molar-refractivity contribution in [3.05, 3.63) is 5.53 Å². The minimum atomic E-state index is -0.870. The third kappa shape index (κ3) is 27.7. The minimum Gasteiger partial charge on any atom is -0.536 e. The fourth-order valence-electron chi connectivity index (χ4n) is 5.38. The molecule has 0 aromatic carbocycles. The van der Waals surface area contributed by atoms with E-state index in [0.717, 1.165) is 83.5 Å². The molecule has 12 heteroatoms. The number of nitrogens with two attached hydrogens (primary N) is 1. The molecule has 11 nitrogen and oxygen atoms in total. The zero-order valence-corrected chi connectivity index (χ0v) is 33.7. The van der Waals surface area contributed by atoms with Crippen molar-refractivity contribution in [2.24, 2.45) is 17.7 Å². The SMILES string of the molecule is CCCCCCC(CCCC)C(=O)OCCCCOC(=O)C(CCN[N-]N)NC(=O)CCCOC(=O)C(CCCC)CCCCCC.[Y]. The van der Waals surface area contributed by atoms with E-state index in [1.165, 1.54) is 19.3 Å². The van der Waals surface area contributed by atoms with Gasteiger partial charge in [-0.3, -0.25) is 14.4 Å². The molecule has 4 N–H and O–H groups in total. The molecule has 0 fully saturated rings. The number of hydrogen-bond donors (Lipinski definition) is 3. The van der Waals surface area contributed by atoms with E-state index in [-0.39, 0.29) is 95.0 Å². The van der Waals surface area contributed by atoms with Crippen LogP contribution in [-0.2, 0) is 66.1 Å². The molecule has 0 aromatic rings. The van der Waals surface area contributed by atoms with Crippen LogP contribution < -0.4 is 16.6 Å². The molecule has 1 amide bonds. The van der Waals surface area contributed by atoms with Crippen LogP contribution in [0.3, 0.4) is 0 Å². The number of unbranched alkanes of at least 4 members (excludes halogenated alkanes) is 9. The summed E-state index contributed by atoms with van der Waals surface area (Å²) >= 11 is 0. The van der Waals surface area contributed by atoms with E-state index < -0.39 is 12.0 Å². The molecule has 1 radical (unpaired) electrons.